The summed E-state index contributed by atoms with van der Waals surface area (Å²) in [5.41, 5.74) is 1.08. The van der Waals surface area contributed by atoms with Gasteiger partial charge >= 0.3 is 0 Å². The Morgan fingerprint density at radius 3 is 1.79 bits per heavy atom. The Labute approximate surface area is 205 Å². The summed E-state index contributed by atoms with van der Waals surface area (Å²) in [6, 6.07) is 30.8. The number of hydrogen-bond donors (Lipinski definition) is 0. The second kappa shape index (κ2) is 12.2. The van der Waals surface area contributed by atoms with Gasteiger partial charge in [-0.15, -0.1) is 0 Å². The average molecular weight is 477 g/mol. The molecule has 3 aromatic rings. The fourth-order valence-corrected chi connectivity index (χ4v) is 8.88. The minimum atomic E-state index is -2.70. The van der Waals surface area contributed by atoms with E-state index in [1.165, 1.54) is 10.4 Å². The van der Waals surface area contributed by atoms with Crippen molar-refractivity contribution in [2.45, 2.75) is 45.4 Å². The van der Waals surface area contributed by atoms with Crippen molar-refractivity contribution in [3.05, 3.63) is 96.6 Å². The largest absolute Gasteiger partial charge is 0.407 e. The van der Waals surface area contributed by atoms with Crippen molar-refractivity contribution in [1.82, 2.24) is 0 Å². The summed E-state index contributed by atoms with van der Waals surface area (Å²) in [7, 11) is -2.70. The summed E-state index contributed by atoms with van der Waals surface area (Å²) >= 11 is 0. The number of hydrogen-bond acceptors (Lipinski definition) is 4. The lowest BCUT2D eigenvalue weighted by molar-refractivity contribution is -0.129. The van der Waals surface area contributed by atoms with Crippen LogP contribution in [0, 0.1) is 5.92 Å². The third-order valence-electron chi connectivity index (χ3n) is 6.21. The molecule has 0 spiro atoms. The second-order valence-electron chi connectivity index (χ2n) is 9.60. The van der Waals surface area contributed by atoms with Crippen LogP contribution < -0.4 is 10.4 Å². The molecule has 0 heterocycles. The van der Waals surface area contributed by atoms with Gasteiger partial charge in [-0.2, -0.15) is 0 Å². The Balaban J connectivity index is 1.73. The highest BCUT2D eigenvalue weighted by atomic mass is 28.4. The predicted octanol–water partition coefficient (Wildman–Crippen LogP) is 4.96. The lowest BCUT2D eigenvalue weighted by atomic mass is 10.1. The Hall–Kier alpha value is -2.57. The van der Waals surface area contributed by atoms with Crippen molar-refractivity contribution in [3.8, 4) is 0 Å². The molecular formula is C29H36O4Si. The first kappa shape index (κ1) is 26.0. The Kier molecular flexibility index (Phi) is 9.36. The van der Waals surface area contributed by atoms with Crippen LogP contribution in [0.3, 0.4) is 0 Å². The van der Waals surface area contributed by atoms with Crippen molar-refractivity contribution in [3.63, 3.8) is 0 Å². The van der Waals surface area contributed by atoms with Gasteiger partial charge in [-0.1, -0.05) is 112 Å². The van der Waals surface area contributed by atoms with E-state index in [0.29, 0.717) is 6.61 Å². The van der Waals surface area contributed by atoms with Crippen LogP contribution in [0.2, 0.25) is 5.04 Å². The zero-order valence-electron chi connectivity index (χ0n) is 20.6. The molecular weight excluding hydrogens is 440 g/mol. The van der Waals surface area contributed by atoms with Crippen LogP contribution >= 0.6 is 0 Å². The van der Waals surface area contributed by atoms with E-state index >= 15 is 0 Å². The number of ether oxygens (including phenoxy) is 2. The van der Waals surface area contributed by atoms with E-state index < -0.39 is 14.2 Å². The van der Waals surface area contributed by atoms with E-state index in [1.807, 2.05) is 49.4 Å². The number of benzene rings is 3. The van der Waals surface area contributed by atoms with Gasteiger partial charge in [-0.3, -0.25) is 0 Å². The smallest absolute Gasteiger partial charge is 0.261 e. The van der Waals surface area contributed by atoms with Crippen LogP contribution in [0.25, 0.3) is 0 Å². The Morgan fingerprint density at radius 2 is 1.32 bits per heavy atom. The summed E-state index contributed by atoms with van der Waals surface area (Å²) in [5, 5.41) is 2.24. The maximum absolute atomic E-state index is 12.1. The summed E-state index contributed by atoms with van der Waals surface area (Å²) < 4.78 is 18.4. The van der Waals surface area contributed by atoms with E-state index in [0.717, 1.165) is 11.8 Å². The molecule has 4 nitrogen and oxygen atoms in total. The van der Waals surface area contributed by atoms with Gasteiger partial charge in [0.15, 0.2) is 0 Å². The minimum absolute atomic E-state index is 0.125. The highest BCUT2D eigenvalue weighted by molar-refractivity contribution is 6.99. The number of carbonyl (C=O) groups is 1. The molecule has 0 aliphatic heterocycles. The topological polar surface area (TPSA) is 44.8 Å². The quantitative estimate of drug-likeness (QED) is 0.160. The molecule has 3 rings (SSSR count). The maximum Gasteiger partial charge on any atom is 0.261 e. The fraction of sp³-hybridized carbons (Fsp3) is 0.345. The molecule has 2 atom stereocenters. The fourth-order valence-electron chi connectivity index (χ4n) is 4.28. The standard InChI is InChI=1S/C29H36O4Si/c1-24(32-23-31-21-25-14-8-5-9-15-25)26(20-30)22-33-34(29(2,3)4,27-16-10-6-11-17-27)28-18-12-7-13-19-28/h5-20,24,26H,21-23H2,1-4H3/t24-,26-/m1/s1. The predicted molar refractivity (Wildman–Crippen MR) is 140 cm³/mol. The molecule has 0 aliphatic rings. The third-order valence-corrected chi connectivity index (χ3v) is 11.2. The van der Waals surface area contributed by atoms with Crippen LogP contribution in [0.4, 0.5) is 0 Å². The Bertz CT molecular complexity index is 947. The minimum Gasteiger partial charge on any atom is -0.407 e. The van der Waals surface area contributed by atoms with Crippen molar-refractivity contribution in [2.24, 2.45) is 5.92 Å². The normalized spacial score (nSPS) is 13.9. The molecule has 0 unspecified atom stereocenters. The van der Waals surface area contributed by atoms with Gasteiger partial charge in [0.2, 0.25) is 0 Å². The highest BCUT2D eigenvalue weighted by Gasteiger charge is 2.50. The molecule has 0 N–H and O–H groups in total. The molecule has 5 heteroatoms. The molecule has 0 aromatic heterocycles. The first-order valence-corrected chi connectivity index (χ1v) is 13.7. The number of rotatable bonds is 12. The van der Waals surface area contributed by atoms with E-state index in [2.05, 4.69) is 69.3 Å². The molecule has 0 aliphatic carbocycles. The number of carbonyl (C=O) groups excluding carboxylic acids is 1. The molecule has 0 bridgehead atoms. The van der Waals surface area contributed by atoms with E-state index in [-0.39, 0.29) is 24.5 Å². The molecule has 0 amide bonds. The van der Waals surface area contributed by atoms with Crippen LogP contribution in [0.5, 0.6) is 0 Å². The summed E-state index contributed by atoms with van der Waals surface area (Å²) in [6.07, 6.45) is 0.617. The van der Waals surface area contributed by atoms with Gasteiger partial charge < -0.3 is 18.7 Å². The lowest BCUT2D eigenvalue weighted by Crippen LogP contribution is -2.67. The van der Waals surface area contributed by atoms with E-state index in [9.17, 15) is 4.79 Å². The summed E-state index contributed by atoms with van der Waals surface area (Å²) in [5.74, 6) is -0.401. The lowest BCUT2D eigenvalue weighted by Gasteiger charge is -2.43. The van der Waals surface area contributed by atoms with Crippen molar-refractivity contribution >= 4 is 25.0 Å². The molecule has 3 aromatic carbocycles. The first-order chi connectivity index (χ1) is 16.4. The monoisotopic (exact) mass is 476 g/mol. The SMILES string of the molecule is C[C@@H](OCOCc1ccccc1)[C@H](C=O)CO[Si](c1ccccc1)(c1ccccc1)C(C)(C)C. The first-order valence-electron chi connectivity index (χ1n) is 11.8. The molecule has 34 heavy (non-hydrogen) atoms. The van der Waals surface area contributed by atoms with Crippen molar-refractivity contribution in [1.29, 1.82) is 0 Å². The van der Waals surface area contributed by atoms with Crippen LogP contribution in [-0.4, -0.2) is 34.1 Å². The third kappa shape index (κ3) is 6.30. The number of aldehydes is 1. The molecule has 0 radical (unpaired) electrons. The summed E-state index contributed by atoms with van der Waals surface area (Å²) in [4.78, 5) is 12.1. The van der Waals surface area contributed by atoms with Crippen LogP contribution in [-0.2, 0) is 25.3 Å². The van der Waals surface area contributed by atoms with Gasteiger partial charge in [-0.25, -0.2) is 0 Å². The maximum atomic E-state index is 12.1. The van der Waals surface area contributed by atoms with Crippen LogP contribution in [0.15, 0.2) is 91.0 Å². The van der Waals surface area contributed by atoms with Crippen molar-refractivity contribution in [2.75, 3.05) is 13.4 Å². The van der Waals surface area contributed by atoms with Gasteiger partial charge in [0.1, 0.15) is 13.1 Å². The zero-order valence-corrected chi connectivity index (χ0v) is 21.6. The molecule has 0 saturated heterocycles. The van der Waals surface area contributed by atoms with E-state index in [1.54, 1.807) is 0 Å². The van der Waals surface area contributed by atoms with Gasteiger partial charge in [-0.05, 0) is 27.9 Å². The van der Waals surface area contributed by atoms with Gasteiger partial charge in [0.05, 0.1) is 18.6 Å². The molecule has 180 valence electrons. The summed E-state index contributed by atoms with van der Waals surface area (Å²) in [6.45, 7) is 9.47. The van der Waals surface area contributed by atoms with Crippen molar-refractivity contribution < 1.29 is 18.7 Å². The Morgan fingerprint density at radius 1 is 0.824 bits per heavy atom. The van der Waals surface area contributed by atoms with Gasteiger partial charge in [0.25, 0.3) is 8.32 Å². The molecule has 0 fully saturated rings. The van der Waals surface area contributed by atoms with Gasteiger partial charge in [0, 0.05) is 6.61 Å². The second-order valence-corrected chi connectivity index (χ2v) is 13.9. The average Bonchev–Trinajstić information content (AvgIpc) is 2.85. The molecule has 0 saturated carbocycles. The highest BCUT2D eigenvalue weighted by Crippen LogP contribution is 2.37. The van der Waals surface area contributed by atoms with Crippen LogP contribution in [0.1, 0.15) is 33.3 Å². The zero-order chi connectivity index (χ0) is 24.4. The van der Waals surface area contributed by atoms with E-state index in [4.69, 9.17) is 13.9 Å².